The Morgan fingerprint density at radius 3 is 2.76 bits per heavy atom. The monoisotopic (exact) mass is 386 g/mol. The molecule has 0 aliphatic heterocycles. The van der Waals surface area contributed by atoms with E-state index in [1.165, 1.54) is 0 Å². The molecular formula is C22H22N6O. The van der Waals surface area contributed by atoms with Crippen molar-refractivity contribution in [2.75, 3.05) is 11.9 Å². The summed E-state index contributed by atoms with van der Waals surface area (Å²) in [7, 11) is 0. The maximum absolute atomic E-state index is 5.94. The minimum atomic E-state index is 0.485. The van der Waals surface area contributed by atoms with E-state index >= 15 is 0 Å². The first-order valence-corrected chi connectivity index (χ1v) is 9.31. The molecule has 0 spiro atoms. The molecule has 0 saturated carbocycles. The van der Waals surface area contributed by atoms with Crippen LogP contribution >= 0.6 is 0 Å². The number of ether oxygens (including phenoxy) is 1. The van der Waals surface area contributed by atoms with Gasteiger partial charge >= 0.3 is 0 Å². The summed E-state index contributed by atoms with van der Waals surface area (Å²) >= 11 is 0. The molecule has 0 unspecified atom stereocenters. The Labute approximate surface area is 168 Å². The zero-order chi connectivity index (χ0) is 20.2. The summed E-state index contributed by atoms with van der Waals surface area (Å²) in [4.78, 5) is 16.3. The van der Waals surface area contributed by atoms with Crippen molar-refractivity contribution in [1.82, 2.24) is 19.9 Å². The van der Waals surface area contributed by atoms with Gasteiger partial charge in [-0.05, 0) is 61.9 Å². The number of nitrogens with one attached hydrogen (secondary N) is 2. The summed E-state index contributed by atoms with van der Waals surface area (Å²) in [5.74, 6) is 2.20. The van der Waals surface area contributed by atoms with Crippen molar-refractivity contribution in [1.29, 1.82) is 0 Å². The molecule has 7 nitrogen and oxygen atoms in total. The molecule has 4 aromatic rings. The molecule has 0 radical (unpaired) electrons. The normalized spacial score (nSPS) is 11.3. The Bertz CT molecular complexity index is 1160. The van der Waals surface area contributed by atoms with Gasteiger partial charge in [0.05, 0.1) is 11.7 Å². The number of hydrogen-bond donors (Lipinski definition) is 3. The van der Waals surface area contributed by atoms with Gasteiger partial charge in [0, 0.05) is 23.6 Å². The maximum Gasteiger partial charge on any atom is 0.158 e. The van der Waals surface area contributed by atoms with Crippen LogP contribution in [-0.4, -0.2) is 26.5 Å². The van der Waals surface area contributed by atoms with E-state index in [9.17, 15) is 0 Å². The summed E-state index contributed by atoms with van der Waals surface area (Å²) in [6.45, 7) is 4.43. The van der Waals surface area contributed by atoms with E-state index in [1.54, 1.807) is 12.5 Å². The van der Waals surface area contributed by atoms with Crippen molar-refractivity contribution in [2.24, 2.45) is 5.73 Å². The Kier molecular flexibility index (Phi) is 5.22. The van der Waals surface area contributed by atoms with Gasteiger partial charge in [0.25, 0.3) is 0 Å². The molecule has 0 aliphatic carbocycles. The molecule has 3 aromatic heterocycles. The lowest BCUT2D eigenvalue weighted by Gasteiger charge is -2.12. The predicted molar refractivity (Wildman–Crippen MR) is 115 cm³/mol. The van der Waals surface area contributed by atoms with Crippen molar-refractivity contribution in [3.05, 3.63) is 71.9 Å². The molecule has 146 valence electrons. The molecule has 0 amide bonds. The largest absolute Gasteiger partial charge is 0.455 e. The van der Waals surface area contributed by atoms with Gasteiger partial charge in [0.1, 0.15) is 23.3 Å². The van der Waals surface area contributed by atoms with Crippen molar-refractivity contribution in [3.63, 3.8) is 0 Å². The number of H-pyrrole nitrogens is 1. The molecule has 0 aliphatic rings. The van der Waals surface area contributed by atoms with E-state index in [2.05, 4.69) is 25.3 Å². The molecule has 7 heteroatoms. The lowest BCUT2D eigenvalue weighted by atomic mass is 10.2. The highest BCUT2D eigenvalue weighted by atomic mass is 16.5. The fourth-order valence-electron chi connectivity index (χ4n) is 2.96. The summed E-state index contributed by atoms with van der Waals surface area (Å²) in [5, 5.41) is 3.36. The Morgan fingerprint density at radius 1 is 1.10 bits per heavy atom. The van der Waals surface area contributed by atoms with Gasteiger partial charge in [-0.3, -0.25) is 4.98 Å². The number of nitrogens with zero attached hydrogens (tertiary/aromatic N) is 3. The maximum atomic E-state index is 5.94. The number of aromatic amines is 1. The third-order valence-electron chi connectivity index (χ3n) is 4.42. The van der Waals surface area contributed by atoms with E-state index in [-0.39, 0.29) is 0 Å². The second-order valence-corrected chi connectivity index (χ2v) is 6.69. The Morgan fingerprint density at radius 2 is 2.00 bits per heavy atom. The Balaban J connectivity index is 1.56. The zero-order valence-electron chi connectivity index (χ0n) is 16.3. The van der Waals surface area contributed by atoms with Crippen LogP contribution in [0.25, 0.3) is 17.1 Å². The highest BCUT2D eigenvalue weighted by molar-refractivity contribution is 5.89. The van der Waals surface area contributed by atoms with Crippen LogP contribution < -0.4 is 15.8 Å². The summed E-state index contributed by atoms with van der Waals surface area (Å²) < 4.78 is 5.94. The van der Waals surface area contributed by atoms with Gasteiger partial charge in [0.2, 0.25) is 0 Å². The summed E-state index contributed by atoms with van der Waals surface area (Å²) in [5.41, 5.74) is 11.0. The fourth-order valence-corrected chi connectivity index (χ4v) is 2.96. The standard InChI is InChI=1S/C22H22N6O/c1-14-10-17(6-8-20(14)29-18-7-5-15(2)24-12-18)28-22-21-19(25-13-26-22)11-16(27-21)4-3-9-23/h3-8,10-13,27H,9,23H2,1-2H3,(H,25,26,28). The number of hydrogen-bond acceptors (Lipinski definition) is 6. The third-order valence-corrected chi connectivity index (χ3v) is 4.42. The van der Waals surface area contributed by atoms with Crippen LogP contribution in [0, 0.1) is 13.8 Å². The lowest BCUT2D eigenvalue weighted by Crippen LogP contribution is -1.97. The molecular weight excluding hydrogens is 364 g/mol. The van der Waals surface area contributed by atoms with Crippen LogP contribution in [0.15, 0.2) is 55.0 Å². The van der Waals surface area contributed by atoms with Crippen molar-refractivity contribution in [2.45, 2.75) is 13.8 Å². The first-order chi connectivity index (χ1) is 14.1. The highest BCUT2D eigenvalue weighted by Gasteiger charge is 2.09. The molecule has 0 bridgehead atoms. The third kappa shape index (κ3) is 4.25. The lowest BCUT2D eigenvalue weighted by molar-refractivity contribution is 0.476. The zero-order valence-corrected chi connectivity index (χ0v) is 16.3. The number of anilines is 2. The van der Waals surface area contributed by atoms with Crippen LogP contribution in [-0.2, 0) is 0 Å². The smallest absolute Gasteiger partial charge is 0.158 e. The number of aryl methyl sites for hydroxylation is 2. The summed E-state index contributed by atoms with van der Waals surface area (Å²) in [6, 6.07) is 11.7. The average Bonchev–Trinajstić information content (AvgIpc) is 3.14. The number of rotatable bonds is 6. The van der Waals surface area contributed by atoms with E-state index in [0.717, 1.165) is 39.4 Å². The summed E-state index contributed by atoms with van der Waals surface area (Å²) in [6.07, 6.45) is 7.09. The number of aromatic nitrogens is 4. The first kappa shape index (κ1) is 18.6. The molecule has 3 heterocycles. The van der Waals surface area contributed by atoms with Crippen LogP contribution in [0.5, 0.6) is 11.5 Å². The van der Waals surface area contributed by atoms with Gasteiger partial charge in [-0.25, -0.2) is 9.97 Å². The fraction of sp³-hybridized carbons (Fsp3) is 0.136. The van der Waals surface area contributed by atoms with Crippen molar-refractivity contribution < 1.29 is 4.74 Å². The molecule has 0 atom stereocenters. The highest BCUT2D eigenvalue weighted by Crippen LogP contribution is 2.29. The van der Waals surface area contributed by atoms with Crippen molar-refractivity contribution in [3.8, 4) is 11.5 Å². The van der Waals surface area contributed by atoms with E-state index in [4.69, 9.17) is 10.5 Å². The predicted octanol–water partition coefficient (Wildman–Crippen LogP) is 4.48. The van der Waals surface area contributed by atoms with Crippen molar-refractivity contribution >= 4 is 28.6 Å². The topological polar surface area (TPSA) is 102 Å². The minimum absolute atomic E-state index is 0.485. The number of pyridine rings is 1. The second-order valence-electron chi connectivity index (χ2n) is 6.69. The Hall–Kier alpha value is -3.71. The van der Waals surface area contributed by atoms with Crippen LogP contribution in [0.1, 0.15) is 17.0 Å². The van der Waals surface area contributed by atoms with Gasteiger partial charge < -0.3 is 20.8 Å². The van der Waals surface area contributed by atoms with Crippen LogP contribution in [0.3, 0.4) is 0 Å². The minimum Gasteiger partial charge on any atom is -0.455 e. The van der Waals surface area contributed by atoms with Gasteiger partial charge in [-0.15, -0.1) is 0 Å². The molecule has 29 heavy (non-hydrogen) atoms. The first-order valence-electron chi connectivity index (χ1n) is 9.31. The number of benzene rings is 1. The van der Waals surface area contributed by atoms with Gasteiger partial charge in [-0.1, -0.05) is 6.08 Å². The number of nitrogens with two attached hydrogens (primary N) is 1. The second kappa shape index (κ2) is 8.12. The van der Waals surface area contributed by atoms with E-state index in [1.807, 2.05) is 62.4 Å². The average molecular weight is 386 g/mol. The van der Waals surface area contributed by atoms with Gasteiger partial charge in [-0.2, -0.15) is 0 Å². The molecule has 0 fully saturated rings. The molecule has 4 rings (SSSR count). The molecule has 0 saturated heterocycles. The SMILES string of the molecule is Cc1ccc(Oc2ccc(Nc3ncnc4cc(C=CCN)[nH]c34)cc2C)cn1. The van der Waals surface area contributed by atoms with Gasteiger partial charge in [0.15, 0.2) is 5.82 Å². The number of fused-ring (bicyclic) bond motifs is 1. The quantitative estimate of drug-likeness (QED) is 0.452. The van der Waals surface area contributed by atoms with Crippen LogP contribution in [0.4, 0.5) is 11.5 Å². The molecule has 1 aromatic carbocycles. The van der Waals surface area contributed by atoms with E-state index < -0.39 is 0 Å². The van der Waals surface area contributed by atoms with E-state index in [0.29, 0.717) is 18.1 Å². The van der Waals surface area contributed by atoms with Crippen LogP contribution in [0.2, 0.25) is 0 Å². The molecule has 4 N–H and O–H groups in total.